The van der Waals surface area contributed by atoms with Gasteiger partial charge in [-0.2, -0.15) is 4.98 Å². The van der Waals surface area contributed by atoms with Crippen LogP contribution >= 0.6 is 11.6 Å². The van der Waals surface area contributed by atoms with E-state index >= 15 is 0 Å². The summed E-state index contributed by atoms with van der Waals surface area (Å²) < 4.78 is 10.1. The molecule has 0 atom stereocenters. The van der Waals surface area contributed by atoms with Gasteiger partial charge in [0.05, 0.1) is 32.4 Å². The van der Waals surface area contributed by atoms with Crippen LogP contribution in [0.25, 0.3) is 0 Å². The first-order valence-electron chi connectivity index (χ1n) is 6.85. The van der Waals surface area contributed by atoms with Crippen LogP contribution in [-0.2, 0) is 17.9 Å². The molecule has 124 valence electrons. The number of ether oxygens (including phenoxy) is 1. The predicted octanol–water partition coefficient (Wildman–Crippen LogP) is 1.26. The summed E-state index contributed by atoms with van der Waals surface area (Å²) in [6, 6.07) is 5.01. The van der Waals surface area contributed by atoms with Gasteiger partial charge < -0.3 is 20.3 Å². The van der Waals surface area contributed by atoms with E-state index in [9.17, 15) is 4.79 Å². The zero-order valence-corrected chi connectivity index (χ0v) is 13.6. The lowest BCUT2D eigenvalue weighted by Crippen LogP contribution is -2.30. The highest BCUT2D eigenvalue weighted by atomic mass is 35.5. The molecule has 8 nitrogen and oxygen atoms in total. The molecule has 0 fully saturated rings. The average Bonchev–Trinajstić information content (AvgIpc) is 2.94. The molecule has 0 aliphatic rings. The third-order valence-corrected chi connectivity index (χ3v) is 3.18. The molecular weight excluding hydrogens is 322 g/mol. The van der Waals surface area contributed by atoms with Crippen LogP contribution in [0, 0.1) is 0 Å². The van der Waals surface area contributed by atoms with Crippen molar-refractivity contribution < 1.29 is 14.1 Å². The summed E-state index contributed by atoms with van der Waals surface area (Å²) in [6.07, 6.45) is 0. The Morgan fingerprint density at radius 2 is 2.30 bits per heavy atom. The Hall–Kier alpha value is -2.16. The number of methoxy groups -OCH3 is 1. The summed E-state index contributed by atoms with van der Waals surface area (Å²) in [5.41, 5.74) is 5.92. The quantitative estimate of drug-likeness (QED) is 0.782. The van der Waals surface area contributed by atoms with Gasteiger partial charge >= 0.3 is 0 Å². The molecule has 3 N–H and O–H groups in total. The fourth-order valence-corrected chi connectivity index (χ4v) is 2.12. The van der Waals surface area contributed by atoms with E-state index in [4.69, 9.17) is 26.6 Å². The van der Waals surface area contributed by atoms with E-state index in [0.29, 0.717) is 34.7 Å². The van der Waals surface area contributed by atoms with Crippen molar-refractivity contribution >= 4 is 23.2 Å². The second-order valence-corrected chi connectivity index (χ2v) is 5.31. The third-order valence-electron chi connectivity index (χ3n) is 2.95. The van der Waals surface area contributed by atoms with Crippen LogP contribution in [0.5, 0.6) is 5.75 Å². The monoisotopic (exact) mass is 339 g/mol. The maximum atomic E-state index is 12.1. The van der Waals surface area contributed by atoms with E-state index in [1.54, 1.807) is 30.1 Å². The minimum atomic E-state index is -0.212. The molecule has 0 radical (unpaired) electrons. The lowest BCUT2D eigenvalue weighted by Gasteiger charge is -2.15. The molecule has 1 heterocycles. The van der Waals surface area contributed by atoms with Crippen LogP contribution in [0.15, 0.2) is 22.7 Å². The van der Waals surface area contributed by atoms with Crippen LogP contribution in [0.3, 0.4) is 0 Å². The molecule has 1 amide bonds. The molecule has 9 heteroatoms. The summed E-state index contributed by atoms with van der Waals surface area (Å²) in [4.78, 5) is 18.0. The minimum absolute atomic E-state index is 0.141. The van der Waals surface area contributed by atoms with Gasteiger partial charge in [0, 0.05) is 5.02 Å². The summed E-state index contributed by atoms with van der Waals surface area (Å²) in [5.74, 6) is 1.16. The summed E-state index contributed by atoms with van der Waals surface area (Å²) in [6.45, 7) is 0.692. The number of amides is 1. The largest absolute Gasteiger partial charge is 0.495 e. The number of nitrogens with zero attached hydrogens (tertiary/aromatic N) is 3. The van der Waals surface area contributed by atoms with Crippen molar-refractivity contribution in [3.63, 3.8) is 0 Å². The predicted molar refractivity (Wildman–Crippen MR) is 85.2 cm³/mol. The SMILES string of the molecule is COc1ccc(Cl)cc1NC(=O)CN(C)Cc1noc(CN)n1. The number of likely N-dealkylation sites (N-methyl/N-ethyl adjacent to an activating group) is 1. The molecule has 1 aromatic heterocycles. The van der Waals surface area contributed by atoms with E-state index in [-0.39, 0.29) is 19.0 Å². The van der Waals surface area contributed by atoms with Crippen molar-refractivity contribution in [3.05, 3.63) is 34.9 Å². The third kappa shape index (κ3) is 4.92. The fourth-order valence-electron chi connectivity index (χ4n) is 1.95. The fraction of sp³-hybridized carbons (Fsp3) is 0.357. The molecule has 2 rings (SSSR count). The Labute approximate surface area is 138 Å². The highest BCUT2D eigenvalue weighted by molar-refractivity contribution is 6.31. The summed E-state index contributed by atoms with van der Waals surface area (Å²) in [7, 11) is 3.30. The number of benzene rings is 1. The lowest BCUT2D eigenvalue weighted by atomic mass is 10.3. The van der Waals surface area contributed by atoms with E-state index < -0.39 is 0 Å². The first-order chi connectivity index (χ1) is 11.0. The van der Waals surface area contributed by atoms with Crippen LogP contribution < -0.4 is 15.8 Å². The minimum Gasteiger partial charge on any atom is -0.495 e. The molecule has 0 spiro atoms. The first kappa shape index (κ1) is 17.2. The lowest BCUT2D eigenvalue weighted by molar-refractivity contribution is -0.117. The highest BCUT2D eigenvalue weighted by Gasteiger charge is 2.13. The topological polar surface area (TPSA) is 107 Å². The van der Waals surface area contributed by atoms with Gasteiger partial charge in [-0.25, -0.2) is 0 Å². The molecule has 0 bridgehead atoms. The van der Waals surface area contributed by atoms with Gasteiger partial charge in [0.2, 0.25) is 11.8 Å². The number of nitrogens with two attached hydrogens (primary N) is 1. The van der Waals surface area contributed by atoms with Crippen molar-refractivity contribution in [3.8, 4) is 5.75 Å². The van der Waals surface area contributed by atoms with Gasteiger partial charge in [0.15, 0.2) is 5.82 Å². The van der Waals surface area contributed by atoms with Gasteiger partial charge in [-0.15, -0.1) is 0 Å². The van der Waals surface area contributed by atoms with E-state index in [2.05, 4.69) is 15.5 Å². The summed E-state index contributed by atoms with van der Waals surface area (Å²) >= 11 is 5.93. The molecule has 0 aliphatic heterocycles. The number of halogens is 1. The van der Waals surface area contributed by atoms with Gasteiger partial charge in [-0.05, 0) is 25.2 Å². The number of nitrogens with one attached hydrogen (secondary N) is 1. The van der Waals surface area contributed by atoms with Crippen molar-refractivity contribution in [2.75, 3.05) is 26.0 Å². The van der Waals surface area contributed by atoms with Gasteiger partial charge in [-0.3, -0.25) is 9.69 Å². The smallest absolute Gasteiger partial charge is 0.240 e. The number of aromatic nitrogens is 2. The van der Waals surface area contributed by atoms with Crippen LogP contribution in [0.1, 0.15) is 11.7 Å². The Morgan fingerprint density at radius 3 is 2.96 bits per heavy atom. The molecule has 23 heavy (non-hydrogen) atoms. The normalized spacial score (nSPS) is 10.8. The van der Waals surface area contributed by atoms with Crippen LogP contribution in [-0.4, -0.2) is 41.6 Å². The van der Waals surface area contributed by atoms with Crippen LogP contribution in [0.4, 0.5) is 5.69 Å². The average molecular weight is 340 g/mol. The summed E-state index contributed by atoms with van der Waals surface area (Å²) in [5, 5.41) is 7.05. The van der Waals surface area contributed by atoms with E-state index in [1.807, 2.05) is 0 Å². The molecule has 0 unspecified atom stereocenters. The first-order valence-corrected chi connectivity index (χ1v) is 7.23. The highest BCUT2D eigenvalue weighted by Crippen LogP contribution is 2.27. The van der Waals surface area contributed by atoms with Gasteiger partial charge in [0.1, 0.15) is 5.75 Å². The number of rotatable bonds is 7. The Balaban J connectivity index is 1.92. The van der Waals surface area contributed by atoms with E-state index in [1.165, 1.54) is 7.11 Å². The maximum absolute atomic E-state index is 12.1. The van der Waals surface area contributed by atoms with Crippen molar-refractivity contribution in [1.29, 1.82) is 0 Å². The number of anilines is 1. The zero-order chi connectivity index (χ0) is 16.8. The second kappa shape index (κ2) is 7.91. The zero-order valence-electron chi connectivity index (χ0n) is 12.9. The molecule has 2 aromatic rings. The number of hydrogen-bond acceptors (Lipinski definition) is 7. The number of carbonyl (C=O) groups excluding carboxylic acids is 1. The van der Waals surface area contributed by atoms with Gasteiger partial charge in [-0.1, -0.05) is 16.8 Å². The van der Waals surface area contributed by atoms with Crippen molar-refractivity contribution in [2.45, 2.75) is 13.1 Å². The second-order valence-electron chi connectivity index (χ2n) is 4.87. The Bertz CT molecular complexity index is 676. The Kier molecular flexibility index (Phi) is 5.91. The Morgan fingerprint density at radius 1 is 1.52 bits per heavy atom. The number of hydrogen-bond donors (Lipinski definition) is 2. The van der Waals surface area contributed by atoms with Crippen molar-refractivity contribution in [2.24, 2.45) is 5.73 Å². The molecular formula is C14H18ClN5O3. The molecule has 1 aromatic carbocycles. The van der Waals surface area contributed by atoms with E-state index in [0.717, 1.165) is 0 Å². The van der Waals surface area contributed by atoms with Crippen molar-refractivity contribution in [1.82, 2.24) is 15.0 Å². The van der Waals surface area contributed by atoms with Crippen LogP contribution in [0.2, 0.25) is 5.02 Å². The number of carbonyl (C=O) groups is 1. The standard InChI is InChI=1S/C14H18ClN5O3/c1-20(7-12-18-14(6-16)23-19-12)8-13(21)17-10-5-9(15)3-4-11(10)22-2/h3-5H,6-8,16H2,1-2H3,(H,17,21). The van der Waals surface area contributed by atoms with Gasteiger partial charge in [0.25, 0.3) is 0 Å². The maximum Gasteiger partial charge on any atom is 0.240 e. The molecule has 0 aliphatic carbocycles. The molecule has 0 saturated heterocycles. The molecule has 0 saturated carbocycles.